The number of rotatable bonds is 5. The fraction of sp³-hybridized carbons (Fsp3) is 0.312. The minimum Gasteiger partial charge on any atom is -0.382 e. The molecule has 0 unspecified atom stereocenters. The van der Waals surface area contributed by atoms with Crippen molar-refractivity contribution in [1.29, 1.82) is 5.26 Å². The van der Waals surface area contributed by atoms with Crippen LogP contribution in [-0.2, 0) is 6.42 Å². The van der Waals surface area contributed by atoms with Gasteiger partial charge in [0.25, 0.3) is 0 Å². The number of nitriles is 1. The van der Waals surface area contributed by atoms with Gasteiger partial charge in [-0.2, -0.15) is 5.26 Å². The van der Waals surface area contributed by atoms with Crippen LogP contribution in [0, 0.1) is 17.1 Å². The average molecular weight is 316 g/mol. The maximum absolute atomic E-state index is 13.8. The lowest BCUT2D eigenvalue weighted by Crippen LogP contribution is -2.08. The van der Waals surface area contributed by atoms with Crippen LogP contribution in [0.2, 0.25) is 0 Å². The molecule has 0 aliphatic carbocycles. The number of aromatic nitrogens is 2. The van der Waals surface area contributed by atoms with E-state index in [4.69, 9.17) is 5.73 Å². The molecule has 0 radical (unpaired) electrons. The predicted molar refractivity (Wildman–Crippen MR) is 86.0 cm³/mol. The molecule has 1 atom stereocenters. The Kier molecular flexibility index (Phi) is 5.34. The Balaban J connectivity index is 2.40. The van der Waals surface area contributed by atoms with E-state index in [0.29, 0.717) is 21.7 Å². The van der Waals surface area contributed by atoms with E-state index in [9.17, 15) is 9.65 Å². The highest BCUT2D eigenvalue weighted by molar-refractivity contribution is 7.99. The Labute approximate surface area is 133 Å². The summed E-state index contributed by atoms with van der Waals surface area (Å²) in [5, 5.41) is 10.1. The van der Waals surface area contributed by atoms with Gasteiger partial charge in [0, 0.05) is 11.7 Å². The summed E-state index contributed by atoms with van der Waals surface area (Å²) in [5.41, 5.74) is 7.03. The summed E-state index contributed by atoms with van der Waals surface area (Å²) in [7, 11) is 0. The van der Waals surface area contributed by atoms with Crippen LogP contribution in [0.1, 0.15) is 37.1 Å². The normalized spacial score (nSPS) is 11.9. The quantitative estimate of drug-likeness (QED) is 0.674. The van der Waals surface area contributed by atoms with Crippen molar-refractivity contribution in [2.75, 3.05) is 5.73 Å². The van der Waals surface area contributed by atoms with Crippen molar-refractivity contribution in [3.05, 3.63) is 46.9 Å². The molecule has 22 heavy (non-hydrogen) atoms. The van der Waals surface area contributed by atoms with Crippen molar-refractivity contribution in [1.82, 2.24) is 9.97 Å². The molecule has 2 N–H and O–H groups in total. The minimum absolute atomic E-state index is 0.148. The molecular weight excluding hydrogens is 299 g/mol. The van der Waals surface area contributed by atoms with Crippen LogP contribution in [0.5, 0.6) is 0 Å². The van der Waals surface area contributed by atoms with Gasteiger partial charge in [0.2, 0.25) is 0 Å². The Bertz CT molecular complexity index is 712. The summed E-state index contributed by atoms with van der Waals surface area (Å²) in [4.78, 5) is 8.58. The van der Waals surface area contributed by atoms with Crippen molar-refractivity contribution < 1.29 is 4.39 Å². The lowest BCUT2D eigenvalue weighted by atomic mass is 10.1. The van der Waals surface area contributed by atoms with Gasteiger partial charge in [0.05, 0.1) is 5.69 Å². The van der Waals surface area contributed by atoms with Crippen LogP contribution in [0.4, 0.5) is 10.2 Å². The van der Waals surface area contributed by atoms with Gasteiger partial charge in [-0.1, -0.05) is 43.8 Å². The van der Waals surface area contributed by atoms with Crippen molar-refractivity contribution in [2.45, 2.75) is 37.1 Å². The zero-order valence-corrected chi connectivity index (χ0v) is 13.3. The van der Waals surface area contributed by atoms with E-state index in [0.717, 1.165) is 6.42 Å². The molecule has 0 saturated carbocycles. The SMILES string of the molecule is CC[C@@H](C)Sc1nc(N)c(C#N)c(Cc2ccccc2F)n1. The minimum atomic E-state index is -0.320. The van der Waals surface area contributed by atoms with Crippen LogP contribution in [0.15, 0.2) is 29.4 Å². The largest absolute Gasteiger partial charge is 0.382 e. The summed E-state index contributed by atoms with van der Waals surface area (Å²) in [6.07, 6.45) is 1.19. The number of hydrogen-bond donors (Lipinski definition) is 1. The van der Waals surface area contributed by atoms with Crippen molar-refractivity contribution in [3.8, 4) is 6.07 Å². The molecule has 1 aromatic heterocycles. The van der Waals surface area contributed by atoms with Gasteiger partial charge in [-0.05, 0) is 18.1 Å². The van der Waals surface area contributed by atoms with E-state index in [1.54, 1.807) is 18.2 Å². The second kappa shape index (κ2) is 7.23. The van der Waals surface area contributed by atoms with Gasteiger partial charge in [-0.3, -0.25) is 0 Å². The molecule has 0 amide bonds. The Morgan fingerprint density at radius 1 is 1.36 bits per heavy atom. The van der Waals surface area contributed by atoms with Crippen LogP contribution in [0.3, 0.4) is 0 Å². The van der Waals surface area contributed by atoms with Crippen LogP contribution >= 0.6 is 11.8 Å². The molecule has 1 heterocycles. The number of nitrogens with two attached hydrogens (primary N) is 1. The van der Waals surface area contributed by atoms with E-state index < -0.39 is 0 Å². The number of halogens is 1. The smallest absolute Gasteiger partial charge is 0.190 e. The molecule has 2 aromatic rings. The number of benzene rings is 1. The summed E-state index contributed by atoms with van der Waals surface area (Å²) in [6.45, 7) is 4.14. The fourth-order valence-electron chi connectivity index (χ4n) is 1.89. The number of anilines is 1. The third kappa shape index (κ3) is 3.74. The molecule has 4 nitrogen and oxygen atoms in total. The van der Waals surface area contributed by atoms with Crippen molar-refractivity contribution in [2.24, 2.45) is 0 Å². The number of nitrogen functional groups attached to an aromatic ring is 1. The zero-order chi connectivity index (χ0) is 16.1. The molecular formula is C16H17FN4S. The first-order valence-electron chi connectivity index (χ1n) is 7.01. The maximum atomic E-state index is 13.8. The van der Waals surface area contributed by atoms with Gasteiger partial charge in [0.1, 0.15) is 23.3 Å². The molecule has 0 spiro atoms. The average Bonchev–Trinajstić information content (AvgIpc) is 2.49. The molecule has 1 aromatic carbocycles. The molecule has 6 heteroatoms. The van der Waals surface area contributed by atoms with Gasteiger partial charge in [-0.25, -0.2) is 14.4 Å². The fourth-order valence-corrected chi connectivity index (χ4v) is 2.73. The van der Waals surface area contributed by atoms with Gasteiger partial charge >= 0.3 is 0 Å². The number of nitrogens with zero attached hydrogens (tertiary/aromatic N) is 3. The second-order valence-corrected chi connectivity index (χ2v) is 6.34. The highest BCUT2D eigenvalue weighted by Gasteiger charge is 2.15. The van der Waals surface area contributed by atoms with E-state index in [2.05, 4.69) is 23.8 Å². The summed E-state index contributed by atoms with van der Waals surface area (Å²) >= 11 is 1.50. The highest BCUT2D eigenvalue weighted by Crippen LogP contribution is 2.26. The molecule has 114 valence electrons. The Morgan fingerprint density at radius 2 is 2.09 bits per heavy atom. The van der Waals surface area contributed by atoms with Crippen molar-refractivity contribution in [3.63, 3.8) is 0 Å². The predicted octanol–water partition coefficient (Wildman–Crippen LogP) is 3.55. The monoisotopic (exact) mass is 316 g/mol. The third-order valence-electron chi connectivity index (χ3n) is 3.30. The molecule has 2 rings (SSSR count). The summed E-state index contributed by atoms with van der Waals surface area (Å²) in [5.74, 6) is -0.172. The first-order valence-corrected chi connectivity index (χ1v) is 7.89. The third-order valence-corrected chi connectivity index (χ3v) is 4.43. The molecule has 0 bridgehead atoms. The van der Waals surface area contributed by atoms with Crippen LogP contribution in [-0.4, -0.2) is 15.2 Å². The second-order valence-electron chi connectivity index (χ2n) is 4.93. The summed E-state index contributed by atoms with van der Waals surface area (Å²) < 4.78 is 13.8. The Morgan fingerprint density at radius 3 is 2.73 bits per heavy atom. The molecule has 0 aliphatic heterocycles. The van der Waals surface area contributed by atoms with Gasteiger partial charge < -0.3 is 5.73 Å². The van der Waals surface area contributed by atoms with E-state index in [1.807, 2.05) is 6.07 Å². The molecule has 0 aliphatic rings. The van der Waals surface area contributed by atoms with E-state index in [1.165, 1.54) is 17.8 Å². The van der Waals surface area contributed by atoms with Gasteiger partial charge in [0.15, 0.2) is 5.16 Å². The summed E-state index contributed by atoms with van der Waals surface area (Å²) in [6, 6.07) is 8.46. The van der Waals surface area contributed by atoms with Crippen LogP contribution in [0.25, 0.3) is 0 Å². The number of hydrogen-bond acceptors (Lipinski definition) is 5. The van der Waals surface area contributed by atoms with Crippen molar-refractivity contribution >= 4 is 17.6 Å². The molecule has 0 fully saturated rings. The first-order chi connectivity index (χ1) is 10.5. The van der Waals surface area contributed by atoms with E-state index in [-0.39, 0.29) is 23.6 Å². The zero-order valence-electron chi connectivity index (χ0n) is 12.5. The standard InChI is InChI=1S/C16H17FN4S/c1-3-10(2)22-16-20-14(12(9-18)15(19)21-16)8-11-6-4-5-7-13(11)17/h4-7,10H,3,8H2,1-2H3,(H2,19,20,21)/t10-/m1/s1. The number of thioether (sulfide) groups is 1. The molecule has 0 saturated heterocycles. The lowest BCUT2D eigenvalue weighted by molar-refractivity contribution is 0.612. The highest BCUT2D eigenvalue weighted by atomic mass is 32.2. The van der Waals surface area contributed by atoms with Gasteiger partial charge in [-0.15, -0.1) is 0 Å². The maximum Gasteiger partial charge on any atom is 0.190 e. The topological polar surface area (TPSA) is 75.6 Å². The first kappa shape index (κ1) is 16.2. The lowest BCUT2D eigenvalue weighted by Gasteiger charge is -2.11. The van der Waals surface area contributed by atoms with E-state index >= 15 is 0 Å². The van der Waals surface area contributed by atoms with Crippen LogP contribution < -0.4 is 5.73 Å². The Hall–Kier alpha value is -2.13.